The summed E-state index contributed by atoms with van der Waals surface area (Å²) in [7, 11) is 0. The molecule has 86 valence electrons. The number of benzene rings is 1. The Kier molecular flexibility index (Phi) is 3.65. The first kappa shape index (κ1) is 11.7. The molecule has 0 radical (unpaired) electrons. The molecule has 1 aliphatic rings. The average molecular weight is 334 g/mol. The van der Waals surface area contributed by atoms with Gasteiger partial charge >= 0.3 is 5.97 Å². The molecule has 1 heterocycles. The van der Waals surface area contributed by atoms with Crippen LogP contribution in [0.3, 0.4) is 0 Å². The second-order valence-corrected chi connectivity index (χ2v) is 4.79. The van der Waals surface area contributed by atoms with E-state index in [0.29, 0.717) is 19.0 Å². The maximum absolute atomic E-state index is 11.0. The van der Waals surface area contributed by atoms with Crippen LogP contribution in [-0.4, -0.2) is 30.4 Å². The zero-order valence-electron chi connectivity index (χ0n) is 8.48. The van der Waals surface area contributed by atoms with Crippen LogP contribution >= 0.6 is 22.6 Å². The van der Waals surface area contributed by atoms with Gasteiger partial charge in [-0.05, 0) is 40.8 Å². The van der Waals surface area contributed by atoms with E-state index >= 15 is 0 Å². The SMILES string of the molecule is O=C(O)c1cc(I)ccc1OC1CCOC1. The van der Waals surface area contributed by atoms with Crippen LogP contribution in [0.4, 0.5) is 0 Å². The number of rotatable bonds is 3. The van der Waals surface area contributed by atoms with E-state index in [1.54, 1.807) is 12.1 Å². The van der Waals surface area contributed by atoms with Gasteiger partial charge in [0.15, 0.2) is 0 Å². The Hall–Kier alpha value is -0.820. The second kappa shape index (κ2) is 5.01. The third-order valence-corrected chi connectivity index (χ3v) is 3.02. The van der Waals surface area contributed by atoms with Gasteiger partial charge in [0.25, 0.3) is 0 Å². The topological polar surface area (TPSA) is 55.8 Å². The van der Waals surface area contributed by atoms with Crippen LogP contribution in [0, 0.1) is 3.57 Å². The molecule has 1 N–H and O–H groups in total. The largest absolute Gasteiger partial charge is 0.487 e. The lowest BCUT2D eigenvalue weighted by atomic mass is 10.2. The summed E-state index contributed by atoms with van der Waals surface area (Å²) < 4.78 is 11.7. The fourth-order valence-corrected chi connectivity index (χ4v) is 2.05. The van der Waals surface area contributed by atoms with Gasteiger partial charge in [-0.1, -0.05) is 0 Å². The zero-order valence-corrected chi connectivity index (χ0v) is 10.6. The molecule has 0 saturated carbocycles. The molecule has 1 atom stereocenters. The van der Waals surface area contributed by atoms with Crippen molar-refractivity contribution in [2.24, 2.45) is 0 Å². The van der Waals surface area contributed by atoms with Gasteiger partial charge in [-0.15, -0.1) is 0 Å². The Balaban J connectivity index is 2.21. The maximum atomic E-state index is 11.0. The fraction of sp³-hybridized carbons (Fsp3) is 0.364. The van der Waals surface area contributed by atoms with Crippen LogP contribution < -0.4 is 4.74 Å². The highest BCUT2D eigenvalue weighted by molar-refractivity contribution is 14.1. The minimum absolute atomic E-state index is 0.0295. The zero-order chi connectivity index (χ0) is 11.5. The van der Waals surface area contributed by atoms with Crippen LogP contribution in [0.25, 0.3) is 0 Å². The number of ether oxygens (including phenoxy) is 2. The molecule has 0 bridgehead atoms. The Morgan fingerprint density at radius 3 is 3.00 bits per heavy atom. The van der Waals surface area contributed by atoms with Gasteiger partial charge in [0.2, 0.25) is 0 Å². The van der Waals surface area contributed by atoms with Gasteiger partial charge in [-0.3, -0.25) is 0 Å². The molecule has 4 nitrogen and oxygen atoms in total. The molecule has 0 aliphatic carbocycles. The molecule has 1 unspecified atom stereocenters. The van der Waals surface area contributed by atoms with Crippen LogP contribution in [0.15, 0.2) is 18.2 Å². The van der Waals surface area contributed by atoms with Gasteiger partial charge in [-0.25, -0.2) is 4.79 Å². The molecule has 16 heavy (non-hydrogen) atoms. The van der Waals surface area contributed by atoms with Crippen LogP contribution in [0.5, 0.6) is 5.75 Å². The lowest BCUT2D eigenvalue weighted by Gasteiger charge is -2.13. The molecule has 5 heteroatoms. The number of carboxylic acids is 1. The van der Waals surface area contributed by atoms with Crippen molar-refractivity contribution >= 4 is 28.6 Å². The highest BCUT2D eigenvalue weighted by atomic mass is 127. The average Bonchev–Trinajstić information content (AvgIpc) is 2.73. The maximum Gasteiger partial charge on any atom is 0.339 e. The standard InChI is InChI=1S/C11H11IO4/c12-7-1-2-10(9(5-7)11(13)14)16-8-3-4-15-6-8/h1-2,5,8H,3-4,6H2,(H,13,14). The second-order valence-electron chi connectivity index (χ2n) is 3.55. The summed E-state index contributed by atoms with van der Waals surface area (Å²) in [6.45, 7) is 1.21. The summed E-state index contributed by atoms with van der Waals surface area (Å²) in [5, 5.41) is 9.05. The van der Waals surface area contributed by atoms with Crippen molar-refractivity contribution in [2.45, 2.75) is 12.5 Å². The van der Waals surface area contributed by atoms with Gasteiger partial charge in [0.1, 0.15) is 17.4 Å². The molecule has 1 aliphatic heterocycles. The molecular weight excluding hydrogens is 323 g/mol. The van der Waals surface area contributed by atoms with Crippen LogP contribution in [0.1, 0.15) is 16.8 Å². The predicted octanol–water partition coefficient (Wildman–Crippen LogP) is 2.16. The molecule has 0 amide bonds. The van der Waals surface area contributed by atoms with Crippen LogP contribution in [-0.2, 0) is 4.74 Å². The van der Waals surface area contributed by atoms with Crippen molar-refractivity contribution < 1.29 is 19.4 Å². The van der Waals surface area contributed by atoms with Gasteiger partial charge in [0, 0.05) is 9.99 Å². The van der Waals surface area contributed by atoms with E-state index in [0.717, 1.165) is 9.99 Å². The smallest absolute Gasteiger partial charge is 0.339 e. The summed E-state index contributed by atoms with van der Waals surface area (Å²) in [5.41, 5.74) is 0.207. The van der Waals surface area contributed by atoms with E-state index in [1.165, 1.54) is 0 Å². The quantitative estimate of drug-likeness (QED) is 0.861. The van der Waals surface area contributed by atoms with Crippen molar-refractivity contribution in [3.8, 4) is 5.75 Å². The van der Waals surface area contributed by atoms with E-state index in [2.05, 4.69) is 22.6 Å². The molecule has 1 aromatic carbocycles. The normalized spacial score (nSPS) is 19.7. The first-order chi connectivity index (χ1) is 7.66. The fourth-order valence-electron chi connectivity index (χ4n) is 1.56. The summed E-state index contributed by atoms with van der Waals surface area (Å²) in [6, 6.07) is 5.13. The van der Waals surface area contributed by atoms with Crippen molar-refractivity contribution in [2.75, 3.05) is 13.2 Å². The van der Waals surface area contributed by atoms with Gasteiger partial charge in [0.05, 0.1) is 13.2 Å². The minimum Gasteiger partial charge on any atom is -0.487 e. The lowest BCUT2D eigenvalue weighted by Crippen LogP contribution is -2.17. The number of aromatic carboxylic acids is 1. The van der Waals surface area contributed by atoms with E-state index < -0.39 is 5.97 Å². The molecule has 1 saturated heterocycles. The summed E-state index contributed by atoms with van der Waals surface area (Å²) >= 11 is 2.08. The monoisotopic (exact) mass is 334 g/mol. The Labute approximate surface area is 107 Å². The van der Waals surface area contributed by atoms with Crippen LogP contribution in [0.2, 0.25) is 0 Å². The summed E-state index contributed by atoms with van der Waals surface area (Å²) in [6.07, 6.45) is 0.781. The van der Waals surface area contributed by atoms with E-state index in [4.69, 9.17) is 14.6 Å². The Morgan fingerprint density at radius 2 is 2.38 bits per heavy atom. The van der Waals surface area contributed by atoms with E-state index in [9.17, 15) is 4.79 Å². The molecule has 1 fully saturated rings. The summed E-state index contributed by atoms with van der Waals surface area (Å²) in [4.78, 5) is 11.0. The molecule has 0 aromatic heterocycles. The number of carbonyl (C=O) groups is 1. The molecular formula is C11H11IO4. The number of hydrogen-bond donors (Lipinski definition) is 1. The third-order valence-electron chi connectivity index (χ3n) is 2.35. The third kappa shape index (κ3) is 2.65. The van der Waals surface area contributed by atoms with Crippen molar-refractivity contribution in [1.29, 1.82) is 0 Å². The first-order valence-corrected chi connectivity index (χ1v) is 6.02. The predicted molar refractivity (Wildman–Crippen MR) is 66.0 cm³/mol. The van der Waals surface area contributed by atoms with Crippen molar-refractivity contribution in [1.82, 2.24) is 0 Å². The molecule has 0 spiro atoms. The number of hydrogen-bond acceptors (Lipinski definition) is 3. The van der Waals surface area contributed by atoms with Gasteiger partial charge < -0.3 is 14.6 Å². The van der Waals surface area contributed by atoms with E-state index in [1.807, 2.05) is 6.07 Å². The highest BCUT2D eigenvalue weighted by Crippen LogP contribution is 2.24. The number of carboxylic acid groups (broad SMARTS) is 1. The molecule has 2 rings (SSSR count). The molecule has 1 aromatic rings. The summed E-state index contributed by atoms with van der Waals surface area (Å²) in [5.74, 6) is -0.546. The van der Waals surface area contributed by atoms with Gasteiger partial charge in [-0.2, -0.15) is 0 Å². The Morgan fingerprint density at radius 1 is 1.56 bits per heavy atom. The highest BCUT2D eigenvalue weighted by Gasteiger charge is 2.20. The first-order valence-electron chi connectivity index (χ1n) is 4.94. The Bertz CT molecular complexity index is 399. The van der Waals surface area contributed by atoms with Crippen molar-refractivity contribution in [3.05, 3.63) is 27.3 Å². The number of halogens is 1. The van der Waals surface area contributed by atoms with E-state index in [-0.39, 0.29) is 11.7 Å². The lowest BCUT2D eigenvalue weighted by molar-refractivity contribution is 0.0687. The minimum atomic E-state index is -0.965. The van der Waals surface area contributed by atoms with Crippen molar-refractivity contribution in [3.63, 3.8) is 0 Å².